The first-order chi connectivity index (χ1) is 14.2. The molecule has 3 aliphatic rings. The Morgan fingerprint density at radius 1 is 1.07 bits per heavy atom. The van der Waals surface area contributed by atoms with Gasteiger partial charge < -0.3 is 9.80 Å². The summed E-state index contributed by atoms with van der Waals surface area (Å²) in [7, 11) is 0. The molecule has 0 aliphatic carbocycles. The first kappa shape index (κ1) is 20.8. The molecule has 1 aromatic rings. The molecule has 0 bridgehead atoms. The van der Waals surface area contributed by atoms with Gasteiger partial charge in [-0.1, -0.05) is 12.5 Å². The number of likely N-dealkylation sites (tertiary alicyclic amines) is 2. The van der Waals surface area contributed by atoms with E-state index in [0.29, 0.717) is 6.54 Å². The van der Waals surface area contributed by atoms with Crippen molar-refractivity contribution < 1.29 is 4.79 Å². The van der Waals surface area contributed by atoms with Gasteiger partial charge in [0.2, 0.25) is 5.91 Å². The highest BCUT2D eigenvalue weighted by Gasteiger charge is 2.30. The second kappa shape index (κ2) is 10.0. The van der Waals surface area contributed by atoms with Crippen molar-refractivity contribution in [2.24, 2.45) is 0 Å². The van der Waals surface area contributed by atoms with Gasteiger partial charge in [-0.25, -0.2) is 0 Å². The van der Waals surface area contributed by atoms with E-state index in [-0.39, 0.29) is 11.9 Å². The Morgan fingerprint density at radius 2 is 1.79 bits per heavy atom. The van der Waals surface area contributed by atoms with Crippen LogP contribution in [0.1, 0.15) is 43.0 Å². The third kappa shape index (κ3) is 5.18. The minimum absolute atomic E-state index is 0.180. The first-order valence-electron chi connectivity index (χ1n) is 11.2. The molecule has 0 radical (unpaired) electrons. The second-order valence-electron chi connectivity index (χ2n) is 8.57. The Kier molecular flexibility index (Phi) is 7.20. The zero-order valence-corrected chi connectivity index (χ0v) is 18.2. The van der Waals surface area contributed by atoms with E-state index in [1.165, 1.54) is 45.2 Å². The van der Waals surface area contributed by atoms with E-state index in [1.54, 1.807) is 11.3 Å². The molecule has 3 aliphatic heterocycles. The molecule has 1 amide bonds. The number of hydrogen-bond acceptors (Lipinski definition) is 6. The molecule has 1 aromatic heterocycles. The number of carbonyl (C=O) groups excluding carboxylic acids is 1. The molecule has 4 heterocycles. The van der Waals surface area contributed by atoms with Gasteiger partial charge in [-0.15, -0.1) is 11.3 Å². The van der Waals surface area contributed by atoms with Crippen LogP contribution in [0.2, 0.25) is 0 Å². The van der Waals surface area contributed by atoms with E-state index in [1.807, 2.05) is 22.4 Å². The largest absolute Gasteiger partial charge is 0.339 e. The molecule has 3 saturated heterocycles. The average Bonchev–Trinajstić information content (AvgIpc) is 3.30. The minimum Gasteiger partial charge on any atom is -0.339 e. The summed E-state index contributed by atoms with van der Waals surface area (Å²) in [5.74, 6) is 0.255. The molecular weight excluding hydrogens is 382 g/mol. The maximum atomic E-state index is 12.8. The highest BCUT2D eigenvalue weighted by Crippen LogP contribution is 2.26. The van der Waals surface area contributed by atoms with Crippen LogP contribution in [0.3, 0.4) is 0 Å². The zero-order valence-electron chi connectivity index (χ0n) is 17.3. The number of amides is 1. The van der Waals surface area contributed by atoms with Crippen molar-refractivity contribution in [3.63, 3.8) is 0 Å². The van der Waals surface area contributed by atoms with Gasteiger partial charge in [0.25, 0.3) is 0 Å². The van der Waals surface area contributed by atoms with E-state index < -0.39 is 0 Å². The molecule has 0 aromatic carbocycles. The Labute approximate surface area is 178 Å². The number of rotatable bonds is 5. The standard InChI is InChI=1S/C22H33N5OS/c23-17-20(21-5-4-16-29-21)26-12-14-27(15-13-26)22(28)18-24-10-6-19(7-11-24)25-8-2-1-3-9-25/h4-5,16,19-20H,1-3,6-15,18H2. The minimum atomic E-state index is -0.180. The van der Waals surface area contributed by atoms with Gasteiger partial charge in [0.1, 0.15) is 6.04 Å². The number of thiophene rings is 1. The average molecular weight is 416 g/mol. The van der Waals surface area contributed by atoms with Gasteiger partial charge >= 0.3 is 0 Å². The van der Waals surface area contributed by atoms with Crippen molar-refractivity contribution in [3.8, 4) is 6.07 Å². The van der Waals surface area contributed by atoms with E-state index in [4.69, 9.17) is 0 Å². The normalized spacial score (nSPS) is 24.3. The molecule has 0 saturated carbocycles. The summed E-state index contributed by atoms with van der Waals surface area (Å²) in [5, 5.41) is 11.6. The highest BCUT2D eigenvalue weighted by atomic mass is 32.1. The van der Waals surface area contributed by atoms with Crippen LogP contribution < -0.4 is 0 Å². The van der Waals surface area contributed by atoms with Gasteiger partial charge in [0, 0.05) is 50.2 Å². The third-order valence-electron chi connectivity index (χ3n) is 6.79. The molecule has 4 rings (SSSR count). The van der Waals surface area contributed by atoms with Gasteiger partial charge in [-0.05, 0) is 50.2 Å². The number of carbonyl (C=O) groups is 1. The summed E-state index contributed by atoms with van der Waals surface area (Å²) < 4.78 is 0. The molecule has 29 heavy (non-hydrogen) atoms. The number of nitriles is 1. The topological polar surface area (TPSA) is 53.8 Å². The van der Waals surface area contributed by atoms with E-state index >= 15 is 0 Å². The fraction of sp³-hybridized carbons (Fsp3) is 0.727. The highest BCUT2D eigenvalue weighted by molar-refractivity contribution is 7.10. The van der Waals surface area contributed by atoms with E-state index in [0.717, 1.165) is 50.2 Å². The predicted octanol–water partition coefficient (Wildman–Crippen LogP) is 2.41. The van der Waals surface area contributed by atoms with Gasteiger partial charge in [-0.2, -0.15) is 5.26 Å². The van der Waals surface area contributed by atoms with Crippen LogP contribution in [0.5, 0.6) is 0 Å². The molecule has 7 heteroatoms. The molecule has 1 unspecified atom stereocenters. The van der Waals surface area contributed by atoms with Crippen molar-refractivity contribution in [3.05, 3.63) is 22.4 Å². The summed E-state index contributed by atoms with van der Waals surface area (Å²) in [6.45, 7) is 8.19. The fourth-order valence-corrected chi connectivity index (χ4v) is 5.82. The Bertz CT molecular complexity index is 681. The monoisotopic (exact) mass is 415 g/mol. The lowest BCUT2D eigenvalue weighted by Gasteiger charge is -2.41. The summed E-state index contributed by atoms with van der Waals surface area (Å²) >= 11 is 1.64. The molecule has 3 fully saturated rings. The molecular formula is C22H33N5OS. The third-order valence-corrected chi connectivity index (χ3v) is 7.71. The van der Waals surface area contributed by atoms with Crippen LogP contribution in [0.4, 0.5) is 0 Å². The van der Waals surface area contributed by atoms with Gasteiger partial charge in [-0.3, -0.25) is 14.6 Å². The maximum Gasteiger partial charge on any atom is 0.236 e. The van der Waals surface area contributed by atoms with Crippen LogP contribution >= 0.6 is 11.3 Å². The van der Waals surface area contributed by atoms with E-state index in [9.17, 15) is 10.1 Å². The predicted molar refractivity (Wildman–Crippen MR) is 116 cm³/mol. The molecule has 158 valence electrons. The lowest BCUT2D eigenvalue weighted by Crippen LogP contribution is -2.53. The van der Waals surface area contributed by atoms with Crippen molar-refractivity contribution in [1.82, 2.24) is 19.6 Å². The Morgan fingerprint density at radius 3 is 2.41 bits per heavy atom. The SMILES string of the molecule is N#CC(c1cccs1)N1CCN(C(=O)CN2CCC(N3CCCCC3)CC2)CC1. The quantitative estimate of drug-likeness (QED) is 0.739. The van der Waals surface area contributed by atoms with Crippen LogP contribution in [-0.2, 0) is 4.79 Å². The smallest absolute Gasteiger partial charge is 0.236 e. The van der Waals surface area contributed by atoms with Crippen LogP contribution in [0, 0.1) is 11.3 Å². The summed E-state index contributed by atoms with van der Waals surface area (Å²) in [5.41, 5.74) is 0. The van der Waals surface area contributed by atoms with Crippen LogP contribution in [0.15, 0.2) is 17.5 Å². The summed E-state index contributed by atoms with van der Waals surface area (Å²) in [6.07, 6.45) is 6.49. The van der Waals surface area contributed by atoms with Crippen LogP contribution in [0.25, 0.3) is 0 Å². The second-order valence-corrected chi connectivity index (χ2v) is 9.55. The number of piperidine rings is 2. The first-order valence-corrected chi connectivity index (χ1v) is 12.0. The molecule has 6 nitrogen and oxygen atoms in total. The maximum absolute atomic E-state index is 12.8. The summed E-state index contributed by atoms with van der Waals surface area (Å²) in [4.78, 5) is 23.1. The van der Waals surface area contributed by atoms with Gasteiger partial charge in [0.15, 0.2) is 0 Å². The van der Waals surface area contributed by atoms with Crippen molar-refractivity contribution in [2.45, 2.75) is 44.2 Å². The lowest BCUT2D eigenvalue weighted by molar-refractivity contribution is -0.134. The summed E-state index contributed by atoms with van der Waals surface area (Å²) in [6, 6.07) is 7.01. The zero-order chi connectivity index (χ0) is 20.1. The van der Waals surface area contributed by atoms with Crippen molar-refractivity contribution in [2.75, 3.05) is 58.9 Å². The molecule has 0 spiro atoms. The Hall–Kier alpha value is -1.46. The fourth-order valence-electron chi connectivity index (χ4n) is 5.02. The van der Waals surface area contributed by atoms with Crippen molar-refractivity contribution in [1.29, 1.82) is 5.26 Å². The molecule has 0 N–H and O–H groups in total. The van der Waals surface area contributed by atoms with Crippen molar-refractivity contribution >= 4 is 17.2 Å². The number of hydrogen-bond donors (Lipinski definition) is 0. The Balaban J connectivity index is 1.20. The van der Waals surface area contributed by atoms with Gasteiger partial charge in [0.05, 0.1) is 12.6 Å². The molecule has 1 atom stereocenters. The van der Waals surface area contributed by atoms with Crippen LogP contribution in [-0.4, -0.2) is 90.5 Å². The lowest BCUT2D eigenvalue weighted by atomic mass is 10.00. The number of piperazine rings is 1. The number of nitrogens with zero attached hydrogens (tertiary/aromatic N) is 5. The van der Waals surface area contributed by atoms with E-state index in [2.05, 4.69) is 20.8 Å².